The highest BCUT2D eigenvalue weighted by Gasteiger charge is 2.34. The topological polar surface area (TPSA) is 42.1 Å². The Morgan fingerprint density at radius 1 is 1.69 bits per heavy atom. The van der Waals surface area contributed by atoms with Crippen LogP contribution in [-0.4, -0.2) is 29.0 Å². The Morgan fingerprint density at radius 2 is 2.44 bits per heavy atom. The highest BCUT2D eigenvalue weighted by Crippen LogP contribution is 2.35. The molecule has 1 aromatic heterocycles. The first-order chi connectivity index (χ1) is 7.58. The van der Waals surface area contributed by atoms with Gasteiger partial charge in [-0.05, 0) is 12.3 Å². The number of nitrogens with zero attached hydrogens (tertiary/aromatic N) is 2. The van der Waals surface area contributed by atoms with Crippen molar-refractivity contribution in [2.75, 3.05) is 13.1 Å². The number of aromatic nitrogens is 1. The van der Waals surface area contributed by atoms with Gasteiger partial charge >= 0.3 is 0 Å². The molecule has 2 atom stereocenters. The van der Waals surface area contributed by atoms with Gasteiger partial charge in [0.2, 0.25) is 0 Å². The quantitative estimate of drug-likeness (QED) is 0.907. The second-order valence-corrected chi connectivity index (χ2v) is 6.48. The summed E-state index contributed by atoms with van der Waals surface area (Å²) in [6.45, 7) is 6.61. The average molecular weight is 260 g/mol. The molecule has 0 amide bonds. The van der Waals surface area contributed by atoms with E-state index in [4.69, 9.17) is 17.3 Å². The van der Waals surface area contributed by atoms with Crippen LogP contribution in [0.3, 0.4) is 0 Å². The minimum atomic E-state index is 0.195. The fraction of sp³-hybridized carbons (Fsp3) is 0.727. The van der Waals surface area contributed by atoms with Gasteiger partial charge in [-0.2, -0.15) is 0 Å². The number of rotatable bonds is 3. The van der Waals surface area contributed by atoms with Crippen LogP contribution in [0.25, 0.3) is 0 Å². The molecule has 3 nitrogen and oxygen atoms in total. The summed E-state index contributed by atoms with van der Waals surface area (Å²) in [6.07, 6.45) is 2.77. The van der Waals surface area contributed by atoms with E-state index in [1.54, 1.807) is 17.5 Å². The molecule has 0 bridgehead atoms. The van der Waals surface area contributed by atoms with Crippen LogP contribution >= 0.6 is 22.9 Å². The van der Waals surface area contributed by atoms with Crippen molar-refractivity contribution < 1.29 is 0 Å². The van der Waals surface area contributed by atoms with Crippen molar-refractivity contribution in [1.29, 1.82) is 0 Å². The first-order valence-electron chi connectivity index (χ1n) is 5.68. The maximum absolute atomic E-state index is 6.17. The zero-order valence-electron chi connectivity index (χ0n) is 9.69. The summed E-state index contributed by atoms with van der Waals surface area (Å²) in [5.74, 6) is 0.656. The first-order valence-corrected chi connectivity index (χ1v) is 6.88. The molecule has 1 aromatic rings. The Labute approximate surface area is 106 Å². The minimum Gasteiger partial charge on any atom is -0.326 e. The first kappa shape index (κ1) is 12.3. The van der Waals surface area contributed by atoms with Gasteiger partial charge in [-0.25, -0.2) is 4.98 Å². The largest absolute Gasteiger partial charge is 0.326 e. The molecule has 5 heteroatoms. The average Bonchev–Trinajstić information content (AvgIpc) is 2.73. The molecule has 0 spiro atoms. The number of hydrogen-bond donors (Lipinski definition) is 1. The van der Waals surface area contributed by atoms with Crippen LogP contribution in [-0.2, 0) is 0 Å². The van der Waals surface area contributed by atoms with Crippen LogP contribution in [0.1, 0.15) is 31.3 Å². The molecule has 1 fully saturated rings. The smallest absolute Gasteiger partial charge is 0.113 e. The van der Waals surface area contributed by atoms with E-state index in [-0.39, 0.29) is 12.1 Å². The Kier molecular flexibility index (Phi) is 3.85. The van der Waals surface area contributed by atoms with Crippen molar-refractivity contribution in [3.05, 3.63) is 15.5 Å². The second kappa shape index (κ2) is 5.00. The van der Waals surface area contributed by atoms with Crippen molar-refractivity contribution in [3.8, 4) is 0 Å². The third-order valence-electron chi connectivity index (χ3n) is 2.90. The summed E-state index contributed by atoms with van der Waals surface area (Å²) in [5.41, 5.74) is 6.17. The lowest BCUT2D eigenvalue weighted by Gasteiger charge is -2.26. The molecule has 1 aliphatic heterocycles. The molecule has 1 saturated heterocycles. The standard InChI is InChI=1S/C11H18ClN3S/c1-7(2)6-15-4-3-8(13)10(15)11-14-5-9(12)16-11/h5,7-8,10H,3-4,6,13H2,1-2H3. The van der Waals surface area contributed by atoms with Crippen LogP contribution in [0.2, 0.25) is 4.34 Å². The molecule has 90 valence electrons. The van der Waals surface area contributed by atoms with Crippen LogP contribution in [0.15, 0.2) is 6.20 Å². The van der Waals surface area contributed by atoms with Crippen LogP contribution < -0.4 is 5.73 Å². The van der Waals surface area contributed by atoms with E-state index in [9.17, 15) is 0 Å². The molecule has 0 saturated carbocycles. The van der Waals surface area contributed by atoms with E-state index in [0.717, 1.165) is 28.9 Å². The number of nitrogens with two attached hydrogens (primary N) is 1. The van der Waals surface area contributed by atoms with Crippen molar-refractivity contribution in [1.82, 2.24) is 9.88 Å². The van der Waals surface area contributed by atoms with Gasteiger partial charge in [-0.15, -0.1) is 11.3 Å². The molecule has 1 aliphatic rings. The maximum atomic E-state index is 6.17. The van der Waals surface area contributed by atoms with Gasteiger partial charge in [0.25, 0.3) is 0 Å². The fourth-order valence-electron chi connectivity index (χ4n) is 2.30. The van der Waals surface area contributed by atoms with Gasteiger partial charge in [-0.3, -0.25) is 4.90 Å². The van der Waals surface area contributed by atoms with Crippen LogP contribution in [0.4, 0.5) is 0 Å². The molecule has 2 N–H and O–H groups in total. The number of likely N-dealkylation sites (tertiary alicyclic amines) is 1. The van der Waals surface area contributed by atoms with E-state index < -0.39 is 0 Å². The van der Waals surface area contributed by atoms with Gasteiger partial charge in [0.1, 0.15) is 9.34 Å². The molecule has 0 radical (unpaired) electrons. The van der Waals surface area contributed by atoms with E-state index in [2.05, 4.69) is 23.7 Å². The Morgan fingerprint density at radius 3 is 3.00 bits per heavy atom. The predicted molar refractivity (Wildman–Crippen MR) is 68.9 cm³/mol. The molecule has 2 rings (SSSR count). The Bertz CT molecular complexity index is 353. The van der Waals surface area contributed by atoms with Gasteiger partial charge in [0.15, 0.2) is 0 Å². The van der Waals surface area contributed by atoms with E-state index in [1.807, 2.05) is 0 Å². The molecule has 0 aromatic carbocycles. The summed E-state index contributed by atoms with van der Waals surface area (Å²) in [4.78, 5) is 6.81. The summed E-state index contributed by atoms with van der Waals surface area (Å²) in [7, 11) is 0. The maximum Gasteiger partial charge on any atom is 0.113 e. The molecular weight excluding hydrogens is 242 g/mol. The van der Waals surface area contributed by atoms with Crippen molar-refractivity contribution in [3.63, 3.8) is 0 Å². The Balaban J connectivity index is 2.15. The number of thiazole rings is 1. The lowest BCUT2D eigenvalue weighted by atomic mass is 10.1. The lowest BCUT2D eigenvalue weighted by molar-refractivity contribution is 0.221. The summed E-state index contributed by atoms with van der Waals surface area (Å²) < 4.78 is 0.749. The van der Waals surface area contributed by atoms with Gasteiger partial charge < -0.3 is 5.73 Å². The van der Waals surface area contributed by atoms with Crippen molar-refractivity contribution >= 4 is 22.9 Å². The van der Waals surface area contributed by atoms with Gasteiger partial charge in [0.05, 0.1) is 12.2 Å². The van der Waals surface area contributed by atoms with E-state index >= 15 is 0 Å². The van der Waals surface area contributed by atoms with Crippen molar-refractivity contribution in [2.24, 2.45) is 11.7 Å². The van der Waals surface area contributed by atoms with Crippen LogP contribution in [0, 0.1) is 5.92 Å². The molecule has 0 aliphatic carbocycles. The molecule has 16 heavy (non-hydrogen) atoms. The van der Waals surface area contributed by atoms with E-state index in [0.29, 0.717) is 5.92 Å². The SMILES string of the molecule is CC(C)CN1CCC(N)C1c1ncc(Cl)s1. The van der Waals surface area contributed by atoms with Crippen molar-refractivity contribution in [2.45, 2.75) is 32.4 Å². The third-order valence-corrected chi connectivity index (χ3v) is 4.08. The highest BCUT2D eigenvalue weighted by molar-refractivity contribution is 7.15. The van der Waals surface area contributed by atoms with Crippen LogP contribution in [0.5, 0.6) is 0 Å². The Hall–Kier alpha value is -0.160. The number of halogens is 1. The zero-order chi connectivity index (χ0) is 11.7. The summed E-state index contributed by atoms with van der Waals surface area (Å²) in [6, 6.07) is 0.459. The highest BCUT2D eigenvalue weighted by atomic mass is 35.5. The molecule has 2 heterocycles. The molecular formula is C11H18ClN3S. The zero-order valence-corrected chi connectivity index (χ0v) is 11.3. The van der Waals surface area contributed by atoms with E-state index in [1.165, 1.54) is 0 Å². The molecule has 2 unspecified atom stereocenters. The minimum absolute atomic E-state index is 0.195. The predicted octanol–water partition coefficient (Wildman–Crippen LogP) is 2.53. The fourth-order valence-corrected chi connectivity index (χ4v) is 3.44. The number of hydrogen-bond acceptors (Lipinski definition) is 4. The van der Waals surface area contributed by atoms with Gasteiger partial charge in [0, 0.05) is 19.1 Å². The normalized spacial score (nSPS) is 26.8. The monoisotopic (exact) mass is 259 g/mol. The third kappa shape index (κ3) is 2.56. The summed E-state index contributed by atoms with van der Waals surface area (Å²) >= 11 is 7.49. The second-order valence-electron chi connectivity index (χ2n) is 4.79. The summed E-state index contributed by atoms with van der Waals surface area (Å²) in [5, 5.41) is 1.07. The van der Waals surface area contributed by atoms with Gasteiger partial charge in [-0.1, -0.05) is 25.4 Å². The lowest BCUT2D eigenvalue weighted by Crippen LogP contribution is -2.33.